The van der Waals surface area contributed by atoms with Crippen LogP contribution in [-0.4, -0.2) is 102 Å². The number of benzene rings is 1. The van der Waals surface area contributed by atoms with Crippen molar-refractivity contribution in [3.8, 4) is 12.3 Å². The summed E-state index contributed by atoms with van der Waals surface area (Å²) in [5, 5.41) is 44.8. The highest BCUT2D eigenvalue weighted by molar-refractivity contribution is 6.28. The van der Waals surface area contributed by atoms with Gasteiger partial charge in [-0.2, -0.15) is 9.97 Å². The monoisotopic (exact) mass is 575 g/mol. The summed E-state index contributed by atoms with van der Waals surface area (Å²) in [6, 6.07) is 8.01. The predicted octanol–water partition coefficient (Wildman–Crippen LogP) is 0.328. The zero-order chi connectivity index (χ0) is 29.1. The number of aromatic nitrogens is 4. The molecule has 4 atom stereocenters. The van der Waals surface area contributed by atoms with Gasteiger partial charge in [-0.05, 0) is 17.2 Å². The normalized spacial score (nSPS) is 22.7. The average Bonchev–Trinajstić information content (AvgIpc) is 3.45. The molecule has 2 aromatic heterocycles. The number of nitrogens with zero attached hydrogens (tertiary/aromatic N) is 4. The number of carboxylic acids is 2. The molecule has 1 aliphatic heterocycles. The molecule has 3 aromatic rings. The molecule has 5 N–H and O–H groups in total. The van der Waals surface area contributed by atoms with Gasteiger partial charge < -0.3 is 40.0 Å². The highest BCUT2D eigenvalue weighted by Gasteiger charge is 2.57. The van der Waals surface area contributed by atoms with E-state index in [9.17, 15) is 30.0 Å². The number of fused-ring (bicyclic) bond motifs is 1. The van der Waals surface area contributed by atoms with Crippen LogP contribution in [0.4, 0.5) is 5.82 Å². The van der Waals surface area contributed by atoms with Gasteiger partial charge in [0.1, 0.15) is 12.2 Å². The maximum absolute atomic E-state index is 12.2. The van der Waals surface area contributed by atoms with E-state index in [0.717, 1.165) is 0 Å². The Bertz CT molecular complexity index is 1420. The number of terminal acetylenes is 1. The third-order valence-corrected chi connectivity index (χ3v) is 6.65. The molecule has 40 heavy (non-hydrogen) atoms. The van der Waals surface area contributed by atoms with Gasteiger partial charge in [-0.25, -0.2) is 14.6 Å². The molecule has 0 bridgehead atoms. The Kier molecular flexibility index (Phi) is 8.54. The smallest absolute Gasteiger partial charge is 0.348 e. The number of rotatable bonds is 12. The van der Waals surface area contributed by atoms with Crippen LogP contribution in [0.15, 0.2) is 36.7 Å². The summed E-state index contributed by atoms with van der Waals surface area (Å²) in [5.41, 5.74) is -4.39. The third kappa shape index (κ3) is 5.30. The molecule has 3 heterocycles. The van der Waals surface area contributed by atoms with Crippen molar-refractivity contribution in [1.82, 2.24) is 19.5 Å². The van der Waals surface area contributed by atoms with Gasteiger partial charge in [0.2, 0.25) is 5.28 Å². The summed E-state index contributed by atoms with van der Waals surface area (Å²) < 4.78 is 17.6. The Labute approximate surface area is 232 Å². The molecule has 0 aliphatic carbocycles. The topological polar surface area (TPSA) is 198 Å². The first-order chi connectivity index (χ1) is 19.1. The van der Waals surface area contributed by atoms with Gasteiger partial charge in [0, 0.05) is 20.1 Å². The molecule has 0 radical (unpaired) electrons. The van der Waals surface area contributed by atoms with Gasteiger partial charge in [-0.1, -0.05) is 36.3 Å². The van der Waals surface area contributed by atoms with E-state index in [1.165, 1.54) is 18.0 Å². The number of aliphatic carboxylic acids is 2. The molecule has 1 aromatic carbocycles. The average molecular weight is 576 g/mol. The third-order valence-electron chi connectivity index (χ3n) is 6.48. The first-order valence-corrected chi connectivity index (χ1v) is 12.3. The van der Waals surface area contributed by atoms with Crippen molar-refractivity contribution in [2.24, 2.45) is 0 Å². The summed E-state index contributed by atoms with van der Waals surface area (Å²) in [5.74, 6) is -1.20. The van der Waals surface area contributed by atoms with E-state index in [1.807, 2.05) is 0 Å². The first-order valence-electron chi connectivity index (χ1n) is 11.9. The number of carboxylic acid groups (broad SMARTS) is 2. The molecular weight excluding hydrogens is 550 g/mol. The second kappa shape index (κ2) is 11.7. The fourth-order valence-corrected chi connectivity index (χ4v) is 4.47. The van der Waals surface area contributed by atoms with Crippen LogP contribution in [0.3, 0.4) is 0 Å². The van der Waals surface area contributed by atoms with Crippen molar-refractivity contribution < 1.29 is 44.2 Å². The fourth-order valence-electron chi connectivity index (χ4n) is 4.31. The van der Waals surface area contributed by atoms with Crippen LogP contribution < -0.4 is 5.32 Å². The molecule has 0 unspecified atom stereocenters. The van der Waals surface area contributed by atoms with Gasteiger partial charge in [-0.15, -0.1) is 6.42 Å². The molecule has 1 saturated heterocycles. The zero-order valence-electron chi connectivity index (χ0n) is 21.1. The number of hydrogen-bond donors (Lipinski definition) is 5. The molecule has 15 heteroatoms. The molecule has 1 aliphatic rings. The standard InChI is InChI=1S/C25H26ClN5O9/c1-3-24(37)15(12-39-25(21(33)34,22(35)36)11-14-7-5-4-6-8-14)40-20(17(24)32)31-13-28-16-18(27-9-10-38-2)29-23(26)30-19(16)31/h1,4-8,13,15,17,20,32,37H,9-12H2,2H3,(H,33,34)(H,35,36)(H,27,29,30)/t15-,17+,20-,24-/m1/s1. The summed E-state index contributed by atoms with van der Waals surface area (Å²) >= 11 is 6.10. The van der Waals surface area contributed by atoms with Crippen LogP contribution in [0, 0.1) is 12.3 Å². The Hall–Kier alpha value is -3.84. The van der Waals surface area contributed by atoms with Crippen LogP contribution in [-0.2, 0) is 30.2 Å². The minimum Gasteiger partial charge on any atom is -0.479 e. The van der Waals surface area contributed by atoms with Gasteiger partial charge in [0.15, 0.2) is 28.8 Å². The SMILES string of the molecule is C#C[C@@]1(O)[C@@H](COC(Cc2ccccc2)(C(=O)O)C(=O)O)O[C@@H](n2cnc3c(NCCOC)nc(Cl)nc32)[C@@H]1O. The largest absolute Gasteiger partial charge is 0.479 e. The van der Waals surface area contributed by atoms with Crippen molar-refractivity contribution in [3.63, 3.8) is 0 Å². The van der Waals surface area contributed by atoms with E-state index >= 15 is 0 Å². The van der Waals surface area contributed by atoms with Crippen molar-refractivity contribution >= 4 is 40.5 Å². The lowest BCUT2D eigenvalue weighted by molar-refractivity contribution is -0.191. The van der Waals surface area contributed by atoms with E-state index in [4.69, 9.17) is 32.2 Å². The van der Waals surface area contributed by atoms with E-state index in [1.54, 1.807) is 30.3 Å². The number of ether oxygens (including phenoxy) is 3. The Morgan fingerprint density at radius 3 is 2.60 bits per heavy atom. The molecular formula is C25H26ClN5O9. The number of anilines is 1. The van der Waals surface area contributed by atoms with E-state index in [0.29, 0.717) is 18.7 Å². The highest BCUT2D eigenvalue weighted by atomic mass is 35.5. The van der Waals surface area contributed by atoms with Crippen LogP contribution in [0.25, 0.3) is 11.2 Å². The number of imidazole rings is 1. The Balaban J connectivity index is 1.64. The molecule has 14 nitrogen and oxygen atoms in total. The highest BCUT2D eigenvalue weighted by Crippen LogP contribution is 2.39. The van der Waals surface area contributed by atoms with Crippen molar-refractivity contribution in [3.05, 3.63) is 47.5 Å². The zero-order valence-corrected chi connectivity index (χ0v) is 21.9. The van der Waals surface area contributed by atoms with Gasteiger partial charge in [-0.3, -0.25) is 4.57 Å². The minimum absolute atomic E-state index is 0.124. The number of halogens is 1. The van der Waals surface area contributed by atoms with Crippen LogP contribution in [0.5, 0.6) is 0 Å². The summed E-state index contributed by atoms with van der Waals surface area (Å²) in [7, 11) is 1.53. The lowest BCUT2D eigenvalue weighted by Crippen LogP contribution is -2.55. The van der Waals surface area contributed by atoms with Crippen LogP contribution in [0.1, 0.15) is 11.8 Å². The fraction of sp³-hybridized carbons (Fsp3) is 0.400. The summed E-state index contributed by atoms with van der Waals surface area (Å²) in [6.07, 6.45) is 1.54. The van der Waals surface area contributed by atoms with Crippen LogP contribution in [0.2, 0.25) is 5.28 Å². The second-order valence-electron chi connectivity index (χ2n) is 8.93. The number of hydrogen-bond acceptors (Lipinski definition) is 11. The minimum atomic E-state index is -2.74. The predicted molar refractivity (Wildman–Crippen MR) is 138 cm³/mol. The lowest BCUT2D eigenvalue weighted by Gasteiger charge is -2.30. The Morgan fingerprint density at radius 1 is 1.27 bits per heavy atom. The summed E-state index contributed by atoms with van der Waals surface area (Å²) in [4.78, 5) is 36.9. The molecule has 4 rings (SSSR count). The number of methoxy groups -OCH3 is 1. The Morgan fingerprint density at radius 2 is 1.98 bits per heavy atom. The maximum Gasteiger partial charge on any atom is 0.348 e. The van der Waals surface area contributed by atoms with Crippen molar-refractivity contribution in [2.45, 2.75) is 36.1 Å². The molecule has 1 fully saturated rings. The molecule has 0 spiro atoms. The van der Waals surface area contributed by atoms with Crippen molar-refractivity contribution in [1.29, 1.82) is 0 Å². The maximum atomic E-state index is 12.2. The molecule has 0 saturated carbocycles. The van der Waals surface area contributed by atoms with Crippen LogP contribution >= 0.6 is 11.6 Å². The van der Waals surface area contributed by atoms with Gasteiger partial charge in [0.05, 0.1) is 19.5 Å². The summed E-state index contributed by atoms with van der Waals surface area (Å²) in [6.45, 7) is -0.0575. The van der Waals surface area contributed by atoms with Crippen molar-refractivity contribution in [2.75, 3.05) is 32.2 Å². The van der Waals surface area contributed by atoms with Gasteiger partial charge in [0.25, 0.3) is 5.60 Å². The lowest BCUT2D eigenvalue weighted by atomic mass is 9.92. The van der Waals surface area contributed by atoms with E-state index < -0.39 is 54.6 Å². The van der Waals surface area contributed by atoms with Gasteiger partial charge >= 0.3 is 11.9 Å². The number of aliphatic hydroxyl groups excluding tert-OH is 1. The molecule has 212 valence electrons. The van der Waals surface area contributed by atoms with E-state index in [-0.39, 0.29) is 22.3 Å². The number of aliphatic hydroxyl groups is 2. The number of carbonyl (C=O) groups is 2. The van der Waals surface area contributed by atoms with E-state index in [2.05, 4.69) is 26.2 Å². The second-order valence-corrected chi connectivity index (χ2v) is 9.26. The first kappa shape index (κ1) is 29.2. The quantitative estimate of drug-likeness (QED) is 0.0857. The molecule has 0 amide bonds. The number of nitrogens with one attached hydrogen (secondary N) is 1.